The van der Waals surface area contributed by atoms with Gasteiger partial charge in [-0.2, -0.15) is 0 Å². The molecule has 0 atom stereocenters. The molecule has 0 aliphatic heterocycles. The molecule has 0 saturated carbocycles. The fourth-order valence-corrected chi connectivity index (χ4v) is 2.11. The second-order valence-electron chi connectivity index (χ2n) is 4.31. The van der Waals surface area contributed by atoms with E-state index in [-0.39, 0.29) is 5.92 Å². The Hall–Kier alpha value is -1.55. The van der Waals surface area contributed by atoms with Gasteiger partial charge in [0, 0.05) is 23.8 Å². The summed E-state index contributed by atoms with van der Waals surface area (Å²) in [7, 11) is 4.76. The summed E-state index contributed by atoms with van der Waals surface area (Å²) in [6.45, 7) is 4.40. The summed E-state index contributed by atoms with van der Waals surface area (Å²) in [4.78, 5) is 11.2. The number of rotatable bonds is 6. The summed E-state index contributed by atoms with van der Waals surface area (Å²) in [5, 5.41) is 0. The van der Waals surface area contributed by atoms with Gasteiger partial charge in [0.1, 0.15) is 6.29 Å². The highest BCUT2D eigenvalue weighted by Crippen LogP contribution is 2.40. The Labute approximate surface area is 108 Å². The van der Waals surface area contributed by atoms with Crippen LogP contribution in [0.15, 0.2) is 6.07 Å². The summed E-state index contributed by atoms with van der Waals surface area (Å²) < 4.78 is 15.9. The highest BCUT2D eigenvalue weighted by molar-refractivity contribution is 5.81. The first-order valence-corrected chi connectivity index (χ1v) is 5.82. The zero-order chi connectivity index (χ0) is 13.7. The van der Waals surface area contributed by atoms with Crippen LogP contribution in [0.4, 0.5) is 0 Å². The topological polar surface area (TPSA) is 44.8 Å². The van der Waals surface area contributed by atoms with Crippen molar-refractivity contribution in [3.8, 4) is 11.5 Å². The van der Waals surface area contributed by atoms with Crippen molar-refractivity contribution in [3.05, 3.63) is 22.8 Å². The number of methoxy groups -OCH3 is 3. The normalized spacial score (nSPS) is 10.6. The standard InChI is InChI=1S/C14H20O4/c1-9(2)12-10(7-15)6-11(8-16-3)13(17-4)14(12)18-5/h6-7,9H,8H2,1-5H3. The van der Waals surface area contributed by atoms with E-state index in [0.717, 1.165) is 17.4 Å². The molecule has 0 heterocycles. The van der Waals surface area contributed by atoms with Gasteiger partial charge in [-0.25, -0.2) is 0 Å². The van der Waals surface area contributed by atoms with Gasteiger partial charge in [-0.05, 0) is 12.0 Å². The smallest absolute Gasteiger partial charge is 0.166 e. The average molecular weight is 252 g/mol. The zero-order valence-corrected chi connectivity index (χ0v) is 11.6. The van der Waals surface area contributed by atoms with Gasteiger partial charge in [-0.15, -0.1) is 0 Å². The van der Waals surface area contributed by atoms with Crippen molar-refractivity contribution in [1.82, 2.24) is 0 Å². The van der Waals surface area contributed by atoms with Crippen molar-refractivity contribution < 1.29 is 19.0 Å². The molecule has 0 aliphatic rings. The molecule has 1 aromatic rings. The van der Waals surface area contributed by atoms with Gasteiger partial charge in [0.2, 0.25) is 0 Å². The van der Waals surface area contributed by atoms with Crippen LogP contribution < -0.4 is 9.47 Å². The molecule has 4 heteroatoms. The lowest BCUT2D eigenvalue weighted by atomic mass is 9.94. The third-order valence-electron chi connectivity index (χ3n) is 2.80. The minimum absolute atomic E-state index is 0.172. The Bertz CT molecular complexity index is 424. The van der Waals surface area contributed by atoms with E-state index < -0.39 is 0 Å². The van der Waals surface area contributed by atoms with Gasteiger partial charge in [-0.3, -0.25) is 4.79 Å². The quantitative estimate of drug-likeness (QED) is 0.730. The van der Waals surface area contributed by atoms with E-state index in [1.165, 1.54) is 0 Å². The van der Waals surface area contributed by atoms with E-state index in [9.17, 15) is 4.79 Å². The van der Waals surface area contributed by atoms with Crippen LogP contribution in [-0.4, -0.2) is 27.6 Å². The number of ether oxygens (including phenoxy) is 3. The monoisotopic (exact) mass is 252 g/mol. The molecule has 0 saturated heterocycles. The van der Waals surface area contributed by atoms with Crippen LogP contribution in [-0.2, 0) is 11.3 Å². The van der Waals surface area contributed by atoms with Crippen LogP contribution in [0.3, 0.4) is 0 Å². The molecule has 18 heavy (non-hydrogen) atoms. The Kier molecular flexibility index (Phi) is 5.16. The molecule has 1 aromatic carbocycles. The molecule has 0 aliphatic carbocycles. The number of hydrogen-bond donors (Lipinski definition) is 0. The van der Waals surface area contributed by atoms with Crippen LogP contribution in [0, 0.1) is 0 Å². The van der Waals surface area contributed by atoms with Crippen LogP contribution in [0.2, 0.25) is 0 Å². The van der Waals surface area contributed by atoms with E-state index in [0.29, 0.717) is 23.7 Å². The maximum Gasteiger partial charge on any atom is 0.166 e. The summed E-state index contributed by atoms with van der Waals surface area (Å²) in [5.74, 6) is 1.42. The van der Waals surface area contributed by atoms with Crippen LogP contribution in [0.5, 0.6) is 11.5 Å². The predicted octanol–water partition coefficient (Wildman–Crippen LogP) is 2.79. The Morgan fingerprint density at radius 1 is 1.17 bits per heavy atom. The molecule has 0 aromatic heterocycles. The third-order valence-corrected chi connectivity index (χ3v) is 2.80. The summed E-state index contributed by atoms with van der Waals surface area (Å²) in [6.07, 6.45) is 0.844. The van der Waals surface area contributed by atoms with E-state index in [1.807, 2.05) is 13.8 Å². The molecule has 0 fully saturated rings. The molecular formula is C14H20O4. The zero-order valence-electron chi connectivity index (χ0n) is 11.6. The highest BCUT2D eigenvalue weighted by atomic mass is 16.5. The van der Waals surface area contributed by atoms with Crippen molar-refractivity contribution in [2.45, 2.75) is 26.4 Å². The molecule has 0 radical (unpaired) electrons. The van der Waals surface area contributed by atoms with Gasteiger partial charge < -0.3 is 14.2 Å². The number of carbonyl (C=O) groups excluding carboxylic acids is 1. The molecule has 0 bridgehead atoms. The Morgan fingerprint density at radius 3 is 2.17 bits per heavy atom. The first kappa shape index (κ1) is 14.5. The third kappa shape index (κ3) is 2.64. The summed E-state index contributed by atoms with van der Waals surface area (Å²) in [5.41, 5.74) is 2.29. The molecular weight excluding hydrogens is 232 g/mol. The van der Waals surface area contributed by atoms with Gasteiger partial charge in [0.15, 0.2) is 11.5 Å². The van der Waals surface area contributed by atoms with Crippen LogP contribution in [0.25, 0.3) is 0 Å². The molecule has 0 unspecified atom stereocenters. The summed E-state index contributed by atoms with van der Waals surface area (Å²) in [6, 6.07) is 1.80. The number of benzene rings is 1. The maximum absolute atomic E-state index is 11.2. The van der Waals surface area contributed by atoms with Crippen LogP contribution >= 0.6 is 0 Å². The first-order valence-electron chi connectivity index (χ1n) is 5.82. The van der Waals surface area contributed by atoms with Crippen molar-refractivity contribution in [2.24, 2.45) is 0 Å². The minimum atomic E-state index is 0.172. The number of carbonyl (C=O) groups is 1. The largest absolute Gasteiger partial charge is 0.493 e. The van der Waals surface area contributed by atoms with E-state index in [1.54, 1.807) is 27.4 Å². The van der Waals surface area contributed by atoms with E-state index in [4.69, 9.17) is 14.2 Å². The first-order chi connectivity index (χ1) is 8.60. The average Bonchev–Trinajstić information content (AvgIpc) is 2.36. The van der Waals surface area contributed by atoms with Gasteiger partial charge in [-0.1, -0.05) is 13.8 Å². The highest BCUT2D eigenvalue weighted by Gasteiger charge is 2.21. The molecule has 0 N–H and O–H groups in total. The van der Waals surface area contributed by atoms with Crippen LogP contribution in [0.1, 0.15) is 41.3 Å². The lowest BCUT2D eigenvalue weighted by Crippen LogP contribution is -2.06. The van der Waals surface area contributed by atoms with Gasteiger partial charge >= 0.3 is 0 Å². The molecule has 4 nitrogen and oxygen atoms in total. The van der Waals surface area contributed by atoms with E-state index in [2.05, 4.69) is 0 Å². The molecule has 1 rings (SSSR count). The number of hydrogen-bond acceptors (Lipinski definition) is 4. The second-order valence-corrected chi connectivity index (χ2v) is 4.31. The lowest BCUT2D eigenvalue weighted by molar-refractivity contribution is 0.112. The minimum Gasteiger partial charge on any atom is -0.493 e. The van der Waals surface area contributed by atoms with Gasteiger partial charge in [0.05, 0.1) is 20.8 Å². The second kappa shape index (κ2) is 6.40. The lowest BCUT2D eigenvalue weighted by Gasteiger charge is -2.20. The van der Waals surface area contributed by atoms with E-state index >= 15 is 0 Å². The molecule has 0 spiro atoms. The summed E-state index contributed by atoms with van der Waals surface area (Å²) >= 11 is 0. The molecule has 0 amide bonds. The number of aldehydes is 1. The fourth-order valence-electron chi connectivity index (χ4n) is 2.11. The van der Waals surface area contributed by atoms with Crippen molar-refractivity contribution >= 4 is 6.29 Å². The predicted molar refractivity (Wildman–Crippen MR) is 69.7 cm³/mol. The molecule has 100 valence electrons. The van der Waals surface area contributed by atoms with Crippen molar-refractivity contribution in [1.29, 1.82) is 0 Å². The van der Waals surface area contributed by atoms with Gasteiger partial charge in [0.25, 0.3) is 0 Å². The van der Waals surface area contributed by atoms with Crippen molar-refractivity contribution in [3.63, 3.8) is 0 Å². The SMILES string of the molecule is COCc1cc(C=O)c(C(C)C)c(OC)c1OC. The fraction of sp³-hybridized carbons (Fsp3) is 0.500. The Morgan fingerprint density at radius 2 is 1.78 bits per heavy atom. The van der Waals surface area contributed by atoms with Crippen molar-refractivity contribution in [2.75, 3.05) is 21.3 Å². The maximum atomic E-state index is 11.2. The Balaban J connectivity index is 3.56.